The third-order valence-corrected chi connectivity index (χ3v) is 4.92. The van der Waals surface area contributed by atoms with E-state index in [0.29, 0.717) is 19.5 Å². The van der Waals surface area contributed by atoms with Crippen LogP contribution in [0.1, 0.15) is 57.8 Å². The van der Waals surface area contributed by atoms with Crippen molar-refractivity contribution in [2.24, 2.45) is 5.73 Å². The molecule has 1 unspecified atom stereocenters. The van der Waals surface area contributed by atoms with Gasteiger partial charge in [-0.1, -0.05) is 32.1 Å². The zero-order chi connectivity index (χ0) is 15.6. The van der Waals surface area contributed by atoms with E-state index >= 15 is 0 Å². The number of ether oxygens (including phenoxy) is 1. The van der Waals surface area contributed by atoms with E-state index in [1.54, 1.807) is 0 Å². The average molecular weight is 384 g/mol. The maximum Gasteiger partial charge on any atom is 0.221 e. The van der Waals surface area contributed by atoms with E-state index < -0.39 is 0 Å². The Morgan fingerprint density at radius 3 is 2.46 bits per heavy atom. The van der Waals surface area contributed by atoms with Gasteiger partial charge < -0.3 is 15.8 Å². The second kappa shape index (κ2) is 14.1. The average Bonchev–Trinajstić information content (AvgIpc) is 2.47. The lowest BCUT2D eigenvalue weighted by molar-refractivity contribution is -0.121. The molecular weight excluding hydrogens is 349 g/mol. The Hall–Kier alpha value is -0.0700. The summed E-state index contributed by atoms with van der Waals surface area (Å²) in [5, 5.41) is 2.93. The number of carbonyl (C=O) groups is 1. The first-order valence-electron chi connectivity index (χ1n) is 9.12. The van der Waals surface area contributed by atoms with Crippen molar-refractivity contribution < 1.29 is 9.53 Å². The highest BCUT2D eigenvalue weighted by atomic mass is 35.5. The number of nitrogens with one attached hydrogen (secondary N) is 1. The molecule has 1 heterocycles. The Bertz CT molecular complexity index is 327. The molecule has 1 aliphatic carbocycles. The van der Waals surface area contributed by atoms with E-state index in [4.69, 9.17) is 10.5 Å². The summed E-state index contributed by atoms with van der Waals surface area (Å²) >= 11 is 0. The third-order valence-electron chi connectivity index (χ3n) is 4.92. The molecule has 2 rings (SSSR count). The largest absolute Gasteiger partial charge is 0.375 e. The zero-order valence-corrected chi connectivity index (χ0v) is 16.3. The smallest absolute Gasteiger partial charge is 0.221 e. The van der Waals surface area contributed by atoms with Gasteiger partial charge in [0.2, 0.25) is 5.91 Å². The summed E-state index contributed by atoms with van der Waals surface area (Å²) < 4.78 is 5.88. The first-order valence-corrected chi connectivity index (χ1v) is 9.12. The molecule has 5 nitrogen and oxygen atoms in total. The number of carbonyl (C=O) groups excluding carboxylic acids is 1. The predicted molar refractivity (Wildman–Crippen MR) is 103 cm³/mol. The van der Waals surface area contributed by atoms with Crippen LogP contribution < -0.4 is 11.1 Å². The van der Waals surface area contributed by atoms with Gasteiger partial charge in [0.1, 0.15) is 0 Å². The van der Waals surface area contributed by atoms with Crippen molar-refractivity contribution in [3.8, 4) is 0 Å². The maximum atomic E-state index is 11.4. The van der Waals surface area contributed by atoms with Crippen molar-refractivity contribution >= 4 is 30.7 Å². The van der Waals surface area contributed by atoms with Gasteiger partial charge in [0.15, 0.2) is 0 Å². The van der Waals surface area contributed by atoms with E-state index in [0.717, 1.165) is 32.2 Å². The van der Waals surface area contributed by atoms with Crippen LogP contribution in [-0.4, -0.2) is 55.7 Å². The zero-order valence-electron chi connectivity index (χ0n) is 14.7. The van der Waals surface area contributed by atoms with Gasteiger partial charge in [-0.3, -0.25) is 9.69 Å². The van der Waals surface area contributed by atoms with Gasteiger partial charge in [-0.25, -0.2) is 0 Å². The van der Waals surface area contributed by atoms with Gasteiger partial charge in [0.25, 0.3) is 0 Å². The minimum absolute atomic E-state index is 0. The van der Waals surface area contributed by atoms with Gasteiger partial charge in [-0.05, 0) is 19.3 Å². The normalized spacial score (nSPS) is 23.3. The molecule has 7 heteroatoms. The van der Waals surface area contributed by atoms with E-state index in [1.165, 1.54) is 44.9 Å². The van der Waals surface area contributed by atoms with Crippen LogP contribution >= 0.6 is 24.8 Å². The summed E-state index contributed by atoms with van der Waals surface area (Å²) in [6, 6.07) is 0.749. The SMILES string of the molecule is Cl.Cl.NCCC(=O)NCCC1CN(C2CCCCCCC2)CCO1. The first-order chi connectivity index (χ1) is 10.8. The molecule has 0 aromatic heterocycles. The summed E-state index contributed by atoms with van der Waals surface area (Å²) in [4.78, 5) is 14.1. The molecule has 3 N–H and O–H groups in total. The summed E-state index contributed by atoms with van der Waals surface area (Å²) in [7, 11) is 0. The molecule has 0 aromatic rings. The lowest BCUT2D eigenvalue weighted by Crippen LogP contribution is -2.48. The fourth-order valence-electron chi connectivity index (χ4n) is 3.64. The molecule has 1 saturated carbocycles. The van der Waals surface area contributed by atoms with Crippen LogP contribution in [0, 0.1) is 0 Å². The molecule has 1 saturated heterocycles. The van der Waals surface area contributed by atoms with Crippen LogP contribution in [-0.2, 0) is 9.53 Å². The van der Waals surface area contributed by atoms with Crippen molar-refractivity contribution in [2.45, 2.75) is 69.9 Å². The summed E-state index contributed by atoms with van der Waals surface area (Å²) in [5.41, 5.74) is 5.38. The maximum absolute atomic E-state index is 11.4. The molecular formula is C17H35Cl2N3O2. The van der Waals surface area contributed by atoms with E-state index in [2.05, 4.69) is 10.2 Å². The van der Waals surface area contributed by atoms with Crippen molar-refractivity contribution in [2.75, 3.05) is 32.8 Å². The first kappa shape index (κ1) is 23.9. The second-order valence-corrected chi connectivity index (χ2v) is 6.66. The van der Waals surface area contributed by atoms with Crippen molar-refractivity contribution in [1.82, 2.24) is 10.2 Å². The molecule has 24 heavy (non-hydrogen) atoms. The summed E-state index contributed by atoms with van der Waals surface area (Å²) in [5.74, 6) is 0.0511. The van der Waals surface area contributed by atoms with Crippen LogP contribution in [0.2, 0.25) is 0 Å². The van der Waals surface area contributed by atoms with Gasteiger partial charge >= 0.3 is 0 Å². The molecule has 1 amide bonds. The molecule has 0 radical (unpaired) electrons. The monoisotopic (exact) mass is 383 g/mol. The fraction of sp³-hybridized carbons (Fsp3) is 0.941. The van der Waals surface area contributed by atoms with E-state index in [-0.39, 0.29) is 36.8 Å². The van der Waals surface area contributed by atoms with E-state index in [9.17, 15) is 4.79 Å². The molecule has 2 aliphatic rings. The number of hydrogen-bond acceptors (Lipinski definition) is 4. The Labute approximate surface area is 159 Å². The Morgan fingerprint density at radius 2 is 1.79 bits per heavy atom. The minimum atomic E-state index is 0. The van der Waals surface area contributed by atoms with Gasteiger partial charge in [-0.2, -0.15) is 0 Å². The fourth-order valence-corrected chi connectivity index (χ4v) is 3.64. The number of rotatable bonds is 6. The van der Waals surface area contributed by atoms with Gasteiger partial charge in [0.05, 0.1) is 12.7 Å². The number of amides is 1. The molecule has 0 aromatic carbocycles. The highest BCUT2D eigenvalue weighted by Crippen LogP contribution is 2.23. The highest BCUT2D eigenvalue weighted by Gasteiger charge is 2.26. The molecule has 0 bridgehead atoms. The lowest BCUT2D eigenvalue weighted by atomic mass is 9.95. The van der Waals surface area contributed by atoms with Crippen molar-refractivity contribution in [1.29, 1.82) is 0 Å². The standard InChI is InChI=1S/C17H33N3O2.2ClH/c18-10-8-17(21)19-11-9-16-14-20(12-13-22-16)15-6-4-2-1-3-5-7-15;;/h15-16H,1-14,18H2,(H,19,21);2*1H. The molecule has 1 atom stereocenters. The van der Waals surface area contributed by atoms with Crippen LogP contribution in [0.3, 0.4) is 0 Å². The topological polar surface area (TPSA) is 67.6 Å². The predicted octanol–water partition coefficient (Wildman–Crippen LogP) is 2.50. The summed E-state index contributed by atoms with van der Waals surface area (Å²) in [6.45, 7) is 4.04. The van der Waals surface area contributed by atoms with Crippen LogP contribution in [0.4, 0.5) is 0 Å². The molecule has 2 fully saturated rings. The highest BCUT2D eigenvalue weighted by molar-refractivity contribution is 5.85. The molecule has 0 spiro atoms. The Kier molecular flexibility index (Phi) is 14.1. The number of morpholine rings is 1. The number of nitrogens with zero attached hydrogens (tertiary/aromatic N) is 1. The quantitative estimate of drug-likeness (QED) is 0.739. The molecule has 144 valence electrons. The van der Waals surface area contributed by atoms with E-state index in [1.807, 2.05) is 0 Å². The number of nitrogens with two attached hydrogens (primary N) is 1. The minimum Gasteiger partial charge on any atom is -0.375 e. The van der Waals surface area contributed by atoms with Crippen LogP contribution in [0.25, 0.3) is 0 Å². The Balaban J connectivity index is 0.00000264. The number of halogens is 2. The van der Waals surface area contributed by atoms with Crippen LogP contribution in [0.15, 0.2) is 0 Å². The third kappa shape index (κ3) is 8.86. The second-order valence-electron chi connectivity index (χ2n) is 6.66. The van der Waals surface area contributed by atoms with Gasteiger partial charge in [0, 0.05) is 38.6 Å². The van der Waals surface area contributed by atoms with Crippen LogP contribution in [0.5, 0.6) is 0 Å². The van der Waals surface area contributed by atoms with Gasteiger partial charge in [-0.15, -0.1) is 24.8 Å². The molecule has 1 aliphatic heterocycles. The Morgan fingerprint density at radius 1 is 1.12 bits per heavy atom. The van der Waals surface area contributed by atoms with Crippen molar-refractivity contribution in [3.05, 3.63) is 0 Å². The number of hydrogen-bond donors (Lipinski definition) is 2. The lowest BCUT2D eigenvalue weighted by Gasteiger charge is -2.39. The summed E-state index contributed by atoms with van der Waals surface area (Å²) in [6.07, 6.45) is 11.2. The van der Waals surface area contributed by atoms with Crippen molar-refractivity contribution in [3.63, 3.8) is 0 Å².